The molecule has 2 aliphatic rings. The Bertz CT molecular complexity index is 1420. The van der Waals surface area contributed by atoms with Gasteiger partial charge in [-0.1, -0.05) is 18.2 Å². The zero-order valence-corrected chi connectivity index (χ0v) is 25.0. The van der Waals surface area contributed by atoms with Crippen LogP contribution in [0.25, 0.3) is 0 Å². The van der Waals surface area contributed by atoms with E-state index in [0.717, 1.165) is 0 Å². The SMILES string of the molecule is CCOC(=O)C1=C(C)NC2=C(C(=O)[C@H](C(=O)OCC)[C@H](c3ccccc3OC)C2)[C@H]1c1cc(OC)c(OC)c(OC)c1. The quantitative estimate of drug-likeness (QED) is 0.320. The number of carbonyl (C=O) groups excluding carboxylic acids is 3. The summed E-state index contributed by atoms with van der Waals surface area (Å²) in [6.45, 7) is 5.41. The van der Waals surface area contributed by atoms with Crippen molar-refractivity contribution in [1.29, 1.82) is 0 Å². The summed E-state index contributed by atoms with van der Waals surface area (Å²) in [5, 5.41) is 3.30. The zero-order valence-electron chi connectivity index (χ0n) is 25.0. The van der Waals surface area contributed by atoms with Crippen molar-refractivity contribution in [1.82, 2.24) is 5.32 Å². The lowest BCUT2D eigenvalue weighted by Gasteiger charge is -2.39. The maximum absolute atomic E-state index is 14.6. The van der Waals surface area contributed by atoms with Crippen LogP contribution in [-0.4, -0.2) is 59.4 Å². The fourth-order valence-corrected chi connectivity index (χ4v) is 5.88. The molecule has 1 N–H and O–H groups in total. The van der Waals surface area contributed by atoms with Crippen molar-refractivity contribution in [2.45, 2.75) is 39.0 Å². The first-order valence-electron chi connectivity index (χ1n) is 13.8. The highest BCUT2D eigenvalue weighted by Gasteiger charge is 2.50. The van der Waals surface area contributed by atoms with Crippen molar-refractivity contribution in [2.24, 2.45) is 5.92 Å². The molecule has 0 aromatic heterocycles. The molecule has 2 aromatic carbocycles. The van der Waals surface area contributed by atoms with Crippen LogP contribution in [0.3, 0.4) is 0 Å². The van der Waals surface area contributed by atoms with Gasteiger partial charge in [-0.3, -0.25) is 9.59 Å². The molecule has 42 heavy (non-hydrogen) atoms. The second-order valence-corrected chi connectivity index (χ2v) is 9.81. The van der Waals surface area contributed by atoms with Crippen LogP contribution in [0.2, 0.25) is 0 Å². The lowest BCUT2D eigenvalue weighted by atomic mass is 9.67. The molecule has 0 bridgehead atoms. The van der Waals surface area contributed by atoms with Gasteiger partial charge in [-0.15, -0.1) is 0 Å². The predicted octanol–water partition coefficient (Wildman–Crippen LogP) is 4.43. The summed E-state index contributed by atoms with van der Waals surface area (Å²) in [4.78, 5) is 41.5. The summed E-state index contributed by atoms with van der Waals surface area (Å²) in [5.41, 5.74) is 2.90. The molecule has 0 spiro atoms. The maximum Gasteiger partial charge on any atom is 0.336 e. The van der Waals surface area contributed by atoms with Crippen molar-refractivity contribution in [3.8, 4) is 23.0 Å². The number of ether oxygens (including phenoxy) is 6. The Kier molecular flexibility index (Phi) is 9.45. The van der Waals surface area contributed by atoms with Crippen molar-refractivity contribution in [3.63, 3.8) is 0 Å². The molecule has 3 atom stereocenters. The second-order valence-electron chi connectivity index (χ2n) is 9.81. The van der Waals surface area contributed by atoms with E-state index >= 15 is 0 Å². The molecular weight excluding hydrogens is 542 g/mol. The number of carbonyl (C=O) groups is 3. The van der Waals surface area contributed by atoms with Gasteiger partial charge >= 0.3 is 11.9 Å². The Morgan fingerprint density at radius 2 is 1.50 bits per heavy atom. The minimum Gasteiger partial charge on any atom is -0.496 e. The number of ketones is 1. The average Bonchev–Trinajstić information content (AvgIpc) is 2.99. The number of hydrogen-bond donors (Lipinski definition) is 1. The maximum atomic E-state index is 14.6. The normalized spacial score (nSPS) is 19.9. The number of allylic oxidation sites excluding steroid dienone is 3. The summed E-state index contributed by atoms with van der Waals surface area (Å²) < 4.78 is 33.2. The van der Waals surface area contributed by atoms with Gasteiger partial charge in [0.25, 0.3) is 0 Å². The standard InChI is InChI=1S/C32H37NO9/c1-8-41-31(35)25-17(3)33-21-16-20(19-12-10-11-13-22(19)37-4)27(32(36)42-9-2)29(34)28(21)26(25)18-14-23(38-5)30(40-7)24(15-18)39-6/h10-15,20,26-27,33H,8-9,16H2,1-7H3/t20-,26-,27+/m0/s1. The summed E-state index contributed by atoms with van der Waals surface area (Å²) in [7, 11) is 6.02. The Labute approximate surface area is 245 Å². The number of hydrogen-bond acceptors (Lipinski definition) is 10. The van der Waals surface area contributed by atoms with E-state index in [2.05, 4.69) is 5.32 Å². The van der Waals surface area contributed by atoms with Gasteiger partial charge in [-0.2, -0.15) is 0 Å². The molecule has 0 radical (unpaired) electrons. The number of benzene rings is 2. The molecule has 0 fully saturated rings. The lowest BCUT2D eigenvalue weighted by Crippen LogP contribution is -2.43. The number of Topliss-reactive ketones (excluding diaryl/α,β-unsaturated/α-hetero) is 1. The van der Waals surface area contributed by atoms with E-state index in [4.69, 9.17) is 28.4 Å². The zero-order chi connectivity index (χ0) is 30.6. The topological polar surface area (TPSA) is 119 Å². The summed E-state index contributed by atoms with van der Waals surface area (Å²) >= 11 is 0. The largest absolute Gasteiger partial charge is 0.496 e. The fourth-order valence-electron chi connectivity index (χ4n) is 5.88. The molecule has 4 rings (SSSR count). The lowest BCUT2D eigenvalue weighted by molar-refractivity contribution is -0.152. The highest BCUT2D eigenvalue weighted by Crippen LogP contribution is 2.51. The molecule has 0 unspecified atom stereocenters. The third-order valence-electron chi connectivity index (χ3n) is 7.61. The Hall–Kier alpha value is -4.47. The van der Waals surface area contributed by atoms with Crippen LogP contribution in [-0.2, 0) is 23.9 Å². The predicted molar refractivity (Wildman–Crippen MR) is 154 cm³/mol. The smallest absolute Gasteiger partial charge is 0.336 e. The minimum atomic E-state index is -1.17. The van der Waals surface area contributed by atoms with E-state index in [0.29, 0.717) is 51.9 Å². The number of dihydropyridines is 1. The molecule has 1 aliphatic heterocycles. The first-order valence-corrected chi connectivity index (χ1v) is 13.8. The van der Waals surface area contributed by atoms with Gasteiger partial charge in [0.05, 0.1) is 47.2 Å². The van der Waals surface area contributed by atoms with Crippen LogP contribution in [0, 0.1) is 5.92 Å². The van der Waals surface area contributed by atoms with Crippen molar-refractivity contribution >= 4 is 17.7 Å². The molecule has 1 heterocycles. The van der Waals surface area contributed by atoms with E-state index in [1.54, 1.807) is 46.1 Å². The third-order valence-corrected chi connectivity index (χ3v) is 7.61. The molecule has 10 heteroatoms. The molecule has 0 saturated carbocycles. The second kappa shape index (κ2) is 13.0. The summed E-state index contributed by atoms with van der Waals surface area (Å²) in [6.07, 6.45) is 0.291. The number of methoxy groups -OCH3 is 4. The van der Waals surface area contributed by atoms with Gasteiger partial charge in [0.1, 0.15) is 11.7 Å². The molecular formula is C32H37NO9. The Morgan fingerprint density at radius 1 is 0.881 bits per heavy atom. The van der Waals surface area contributed by atoms with Crippen LogP contribution in [0.1, 0.15) is 50.2 Å². The van der Waals surface area contributed by atoms with Gasteiger partial charge in [0, 0.05) is 28.8 Å². The fraction of sp³-hybridized carbons (Fsp3) is 0.406. The number of para-hydroxylation sites is 1. The van der Waals surface area contributed by atoms with Gasteiger partial charge in [0.15, 0.2) is 17.3 Å². The van der Waals surface area contributed by atoms with Crippen LogP contribution in [0.5, 0.6) is 23.0 Å². The molecule has 2 aromatic rings. The third kappa shape index (κ3) is 5.41. The molecule has 0 saturated heterocycles. The van der Waals surface area contributed by atoms with Crippen molar-refractivity contribution in [2.75, 3.05) is 41.7 Å². The first-order chi connectivity index (χ1) is 20.3. The summed E-state index contributed by atoms with van der Waals surface area (Å²) in [6, 6.07) is 10.7. The Balaban J connectivity index is 1.99. The number of rotatable bonds is 10. The van der Waals surface area contributed by atoms with Crippen LogP contribution in [0.15, 0.2) is 58.9 Å². The highest BCUT2D eigenvalue weighted by molar-refractivity contribution is 6.13. The van der Waals surface area contributed by atoms with Gasteiger partial charge in [-0.05, 0) is 56.5 Å². The molecule has 224 valence electrons. The van der Waals surface area contributed by atoms with Crippen LogP contribution >= 0.6 is 0 Å². The first kappa shape index (κ1) is 30.5. The van der Waals surface area contributed by atoms with Crippen LogP contribution in [0.4, 0.5) is 0 Å². The van der Waals surface area contributed by atoms with Crippen LogP contribution < -0.4 is 24.3 Å². The highest BCUT2D eigenvalue weighted by atomic mass is 16.5. The van der Waals surface area contributed by atoms with E-state index in [1.165, 1.54) is 21.3 Å². The van der Waals surface area contributed by atoms with Gasteiger partial charge in [-0.25, -0.2) is 4.79 Å². The monoisotopic (exact) mass is 579 g/mol. The molecule has 1 aliphatic carbocycles. The van der Waals surface area contributed by atoms with E-state index in [1.807, 2.05) is 18.2 Å². The molecule has 0 amide bonds. The Morgan fingerprint density at radius 3 is 2.07 bits per heavy atom. The van der Waals surface area contributed by atoms with E-state index in [-0.39, 0.29) is 24.4 Å². The molecule has 10 nitrogen and oxygen atoms in total. The number of esters is 2. The number of nitrogens with one attached hydrogen (secondary N) is 1. The van der Waals surface area contributed by atoms with Crippen molar-refractivity contribution in [3.05, 3.63) is 70.1 Å². The van der Waals surface area contributed by atoms with Gasteiger partial charge in [0.2, 0.25) is 5.75 Å². The average molecular weight is 580 g/mol. The minimum absolute atomic E-state index is 0.106. The van der Waals surface area contributed by atoms with E-state index < -0.39 is 35.5 Å². The van der Waals surface area contributed by atoms with Gasteiger partial charge < -0.3 is 33.7 Å². The van der Waals surface area contributed by atoms with Crippen molar-refractivity contribution < 1.29 is 42.8 Å². The summed E-state index contributed by atoms with van der Waals surface area (Å²) in [5.74, 6) is -2.69. The van der Waals surface area contributed by atoms with E-state index in [9.17, 15) is 14.4 Å².